The van der Waals surface area contributed by atoms with Gasteiger partial charge in [0.2, 0.25) is 5.91 Å². The van der Waals surface area contributed by atoms with Crippen molar-refractivity contribution in [2.75, 3.05) is 19.6 Å². The largest absolute Gasteiger partial charge is 0.355 e. The molecule has 0 aromatic heterocycles. The summed E-state index contributed by atoms with van der Waals surface area (Å²) in [5.74, 6) is 0.110. The molecular formula is C14H19ClN2O. The number of nitrogens with one attached hydrogen (secondary N) is 1. The smallest absolute Gasteiger partial charge is 0.234 e. The molecule has 3 nitrogen and oxygen atoms in total. The molecule has 4 heteroatoms. The number of benzene rings is 1. The molecule has 0 spiro atoms. The lowest BCUT2D eigenvalue weighted by Crippen LogP contribution is -2.36. The number of rotatable bonds is 4. The molecule has 1 fully saturated rings. The molecule has 0 bridgehead atoms. The minimum atomic E-state index is 0.110. The van der Waals surface area contributed by atoms with Gasteiger partial charge in [-0.05, 0) is 44.0 Å². The summed E-state index contributed by atoms with van der Waals surface area (Å²) in [6.07, 6.45) is 2.26. The number of carbonyl (C=O) groups is 1. The quantitative estimate of drug-likeness (QED) is 0.909. The number of carbonyl (C=O) groups excluding carboxylic acids is 1. The van der Waals surface area contributed by atoms with E-state index in [1.807, 2.05) is 19.1 Å². The van der Waals surface area contributed by atoms with Crippen molar-refractivity contribution in [1.29, 1.82) is 0 Å². The Kier molecular flexibility index (Phi) is 4.61. The predicted octanol–water partition coefficient (Wildman–Crippen LogP) is 2.61. The molecule has 1 saturated heterocycles. The average Bonchev–Trinajstić information content (AvgIpc) is 2.78. The van der Waals surface area contributed by atoms with E-state index in [0.717, 1.165) is 24.4 Å². The molecule has 1 aliphatic heterocycles. The minimum absolute atomic E-state index is 0.110. The van der Waals surface area contributed by atoms with Gasteiger partial charge in [0.05, 0.1) is 6.54 Å². The Balaban J connectivity index is 2.03. The molecule has 0 aliphatic carbocycles. The maximum atomic E-state index is 11.7. The van der Waals surface area contributed by atoms with Crippen LogP contribution in [-0.4, -0.2) is 30.4 Å². The van der Waals surface area contributed by atoms with Crippen LogP contribution < -0.4 is 5.32 Å². The van der Waals surface area contributed by atoms with E-state index in [0.29, 0.717) is 19.1 Å². The van der Waals surface area contributed by atoms with Crippen LogP contribution in [-0.2, 0) is 4.79 Å². The first-order valence-electron chi connectivity index (χ1n) is 6.47. The molecule has 2 rings (SSSR count). The number of likely N-dealkylation sites (N-methyl/N-ethyl adjacent to an activating group) is 1. The lowest BCUT2D eigenvalue weighted by molar-refractivity contribution is -0.122. The van der Waals surface area contributed by atoms with Gasteiger partial charge >= 0.3 is 0 Å². The molecule has 0 unspecified atom stereocenters. The van der Waals surface area contributed by atoms with Crippen molar-refractivity contribution >= 4 is 17.5 Å². The number of amides is 1. The van der Waals surface area contributed by atoms with E-state index in [1.165, 1.54) is 5.56 Å². The summed E-state index contributed by atoms with van der Waals surface area (Å²) >= 11 is 5.90. The fraction of sp³-hybridized carbons (Fsp3) is 0.500. The van der Waals surface area contributed by atoms with Crippen LogP contribution in [0.25, 0.3) is 0 Å². The molecule has 1 aromatic carbocycles. The molecule has 0 saturated carbocycles. The third-order valence-electron chi connectivity index (χ3n) is 3.34. The topological polar surface area (TPSA) is 32.3 Å². The first kappa shape index (κ1) is 13.4. The minimum Gasteiger partial charge on any atom is -0.355 e. The molecule has 1 aromatic rings. The fourth-order valence-electron chi connectivity index (χ4n) is 2.52. The van der Waals surface area contributed by atoms with Crippen molar-refractivity contribution in [1.82, 2.24) is 10.2 Å². The highest BCUT2D eigenvalue weighted by molar-refractivity contribution is 6.30. The number of likely N-dealkylation sites (tertiary alicyclic amines) is 1. The van der Waals surface area contributed by atoms with E-state index in [-0.39, 0.29) is 5.91 Å². The molecule has 98 valence electrons. The second-order valence-electron chi connectivity index (χ2n) is 4.63. The second kappa shape index (κ2) is 6.21. The summed E-state index contributed by atoms with van der Waals surface area (Å²) in [5, 5.41) is 3.61. The number of nitrogens with zero attached hydrogens (tertiary/aromatic N) is 1. The zero-order chi connectivity index (χ0) is 13.0. The van der Waals surface area contributed by atoms with Crippen molar-refractivity contribution < 1.29 is 4.79 Å². The second-order valence-corrected chi connectivity index (χ2v) is 5.07. The monoisotopic (exact) mass is 266 g/mol. The number of hydrogen-bond acceptors (Lipinski definition) is 2. The van der Waals surface area contributed by atoms with Gasteiger partial charge in [-0.1, -0.05) is 23.7 Å². The summed E-state index contributed by atoms with van der Waals surface area (Å²) in [7, 11) is 0. The van der Waals surface area contributed by atoms with Crippen molar-refractivity contribution in [2.45, 2.75) is 25.8 Å². The highest BCUT2D eigenvalue weighted by Gasteiger charge is 2.27. The summed E-state index contributed by atoms with van der Waals surface area (Å²) in [6.45, 7) is 4.11. The Hall–Kier alpha value is -1.06. The Bertz CT molecular complexity index is 405. The van der Waals surface area contributed by atoms with Crippen molar-refractivity contribution in [3.63, 3.8) is 0 Å². The van der Waals surface area contributed by atoms with Crippen molar-refractivity contribution in [3.05, 3.63) is 34.9 Å². The molecule has 0 radical (unpaired) electrons. The van der Waals surface area contributed by atoms with Crippen LogP contribution in [0, 0.1) is 0 Å². The van der Waals surface area contributed by atoms with Crippen LogP contribution in [0.1, 0.15) is 31.4 Å². The number of halogens is 1. The van der Waals surface area contributed by atoms with E-state index in [1.54, 1.807) is 0 Å². The summed E-state index contributed by atoms with van der Waals surface area (Å²) in [6, 6.07) is 8.30. The molecular weight excluding hydrogens is 248 g/mol. The molecule has 1 aliphatic rings. The number of hydrogen-bond donors (Lipinski definition) is 1. The van der Waals surface area contributed by atoms with Gasteiger partial charge in [0.15, 0.2) is 0 Å². The van der Waals surface area contributed by atoms with Gasteiger partial charge < -0.3 is 5.32 Å². The summed E-state index contributed by atoms with van der Waals surface area (Å²) in [4.78, 5) is 13.9. The SMILES string of the molecule is CCNC(=O)CN1CCC[C@H]1c1ccc(Cl)cc1. The first-order valence-corrected chi connectivity index (χ1v) is 6.84. The van der Waals surface area contributed by atoms with Gasteiger partial charge in [-0.2, -0.15) is 0 Å². The molecule has 1 heterocycles. The summed E-state index contributed by atoms with van der Waals surface area (Å²) in [5.41, 5.74) is 1.25. The van der Waals surface area contributed by atoms with E-state index in [9.17, 15) is 4.79 Å². The Morgan fingerprint density at radius 3 is 2.83 bits per heavy atom. The van der Waals surface area contributed by atoms with Crippen LogP contribution in [0.3, 0.4) is 0 Å². The first-order chi connectivity index (χ1) is 8.70. The predicted molar refractivity (Wildman–Crippen MR) is 73.7 cm³/mol. The zero-order valence-corrected chi connectivity index (χ0v) is 11.4. The van der Waals surface area contributed by atoms with E-state index < -0.39 is 0 Å². The third kappa shape index (κ3) is 3.24. The maximum Gasteiger partial charge on any atom is 0.234 e. The molecule has 1 amide bonds. The molecule has 1 atom stereocenters. The van der Waals surface area contributed by atoms with Gasteiger partial charge in [-0.15, -0.1) is 0 Å². The maximum absolute atomic E-state index is 11.7. The molecule has 1 N–H and O–H groups in total. The lowest BCUT2D eigenvalue weighted by Gasteiger charge is -2.24. The summed E-state index contributed by atoms with van der Waals surface area (Å²) < 4.78 is 0. The van der Waals surface area contributed by atoms with E-state index >= 15 is 0 Å². The van der Waals surface area contributed by atoms with Gasteiger partial charge in [0, 0.05) is 17.6 Å². The average molecular weight is 267 g/mol. The Labute approximate surface area is 113 Å². The van der Waals surface area contributed by atoms with Crippen LogP contribution in [0.5, 0.6) is 0 Å². The highest BCUT2D eigenvalue weighted by Crippen LogP contribution is 2.31. The van der Waals surface area contributed by atoms with Crippen LogP contribution >= 0.6 is 11.6 Å². The third-order valence-corrected chi connectivity index (χ3v) is 3.59. The van der Waals surface area contributed by atoms with E-state index in [4.69, 9.17) is 11.6 Å². The van der Waals surface area contributed by atoms with Gasteiger partial charge in [0.1, 0.15) is 0 Å². The standard InChI is InChI=1S/C14H19ClN2O/c1-2-16-14(18)10-17-9-3-4-13(17)11-5-7-12(15)8-6-11/h5-8,13H,2-4,9-10H2,1H3,(H,16,18)/t13-/m0/s1. The van der Waals surface area contributed by atoms with Gasteiger partial charge in [-0.25, -0.2) is 0 Å². The Morgan fingerprint density at radius 1 is 1.44 bits per heavy atom. The van der Waals surface area contributed by atoms with Crippen LogP contribution in [0.4, 0.5) is 0 Å². The normalized spacial score (nSPS) is 20.0. The molecule has 18 heavy (non-hydrogen) atoms. The van der Waals surface area contributed by atoms with Gasteiger partial charge in [0.25, 0.3) is 0 Å². The van der Waals surface area contributed by atoms with E-state index in [2.05, 4.69) is 22.3 Å². The van der Waals surface area contributed by atoms with Gasteiger partial charge in [-0.3, -0.25) is 9.69 Å². The fourth-order valence-corrected chi connectivity index (χ4v) is 2.64. The Morgan fingerprint density at radius 2 is 2.17 bits per heavy atom. The lowest BCUT2D eigenvalue weighted by atomic mass is 10.0. The zero-order valence-electron chi connectivity index (χ0n) is 10.7. The van der Waals surface area contributed by atoms with Crippen LogP contribution in [0.2, 0.25) is 5.02 Å². The van der Waals surface area contributed by atoms with Crippen molar-refractivity contribution in [2.24, 2.45) is 0 Å². The highest BCUT2D eigenvalue weighted by atomic mass is 35.5. The van der Waals surface area contributed by atoms with Crippen molar-refractivity contribution in [3.8, 4) is 0 Å². The van der Waals surface area contributed by atoms with Crippen LogP contribution in [0.15, 0.2) is 24.3 Å².